The number of pyridine rings is 1. The molecule has 0 bridgehead atoms. The number of hydrogen-bond donors (Lipinski definition) is 0. The van der Waals surface area contributed by atoms with Gasteiger partial charge in [-0.3, -0.25) is 4.79 Å². The van der Waals surface area contributed by atoms with Crippen molar-refractivity contribution in [1.82, 2.24) is 4.98 Å². The Morgan fingerprint density at radius 3 is 2.50 bits per heavy atom. The van der Waals surface area contributed by atoms with Gasteiger partial charge >= 0.3 is 0 Å². The lowest BCUT2D eigenvalue weighted by Crippen LogP contribution is -2.01. The quantitative estimate of drug-likeness (QED) is 0.431. The summed E-state index contributed by atoms with van der Waals surface area (Å²) in [6.45, 7) is 5.84. The first-order valence-corrected chi connectivity index (χ1v) is 8.72. The van der Waals surface area contributed by atoms with Crippen molar-refractivity contribution in [3.8, 4) is 6.07 Å². The molecule has 2 aromatic rings. The SMILES string of the molecule is Cc1nc(SCCCC(=O)c2ccc(F)cc2)c(C#N)c(C)c1C. The van der Waals surface area contributed by atoms with Gasteiger partial charge in [-0.25, -0.2) is 9.37 Å². The molecule has 0 aliphatic carbocycles. The van der Waals surface area contributed by atoms with Crippen LogP contribution in [0.3, 0.4) is 0 Å². The Kier molecular flexibility index (Phi) is 6.10. The highest BCUT2D eigenvalue weighted by Gasteiger charge is 2.13. The second kappa shape index (κ2) is 8.07. The van der Waals surface area contributed by atoms with Crippen LogP contribution in [0.5, 0.6) is 0 Å². The Bertz CT molecular complexity index is 794. The van der Waals surface area contributed by atoms with Crippen LogP contribution in [0.1, 0.15) is 45.6 Å². The van der Waals surface area contributed by atoms with Crippen molar-refractivity contribution >= 4 is 17.5 Å². The number of ketones is 1. The maximum absolute atomic E-state index is 12.9. The molecule has 0 fully saturated rings. The van der Waals surface area contributed by atoms with E-state index in [1.165, 1.54) is 36.0 Å². The number of rotatable bonds is 6. The summed E-state index contributed by atoms with van der Waals surface area (Å²) < 4.78 is 12.9. The van der Waals surface area contributed by atoms with E-state index in [2.05, 4.69) is 11.1 Å². The molecule has 0 unspecified atom stereocenters. The predicted molar refractivity (Wildman–Crippen MR) is 93.9 cm³/mol. The Morgan fingerprint density at radius 1 is 1.21 bits per heavy atom. The molecule has 1 aromatic heterocycles. The topological polar surface area (TPSA) is 53.8 Å². The summed E-state index contributed by atoms with van der Waals surface area (Å²) in [6, 6.07) is 7.83. The Balaban J connectivity index is 1.94. The number of carbonyl (C=O) groups is 1. The molecule has 0 aliphatic heterocycles. The predicted octanol–water partition coefficient (Wildman–Crippen LogP) is 4.77. The second-order valence-electron chi connectivity index (χ2n) is 5.62. The molecule has 24 heavy (non-hydrogen) atoms. The summed E-state index contributed by atoms with van der Waals surface area (Å²) in [6.07, 6.45) is 1.07. The molecule has 0 radical (unpaired) electrons. The summed E-state index contributed by atoms with van der Waals surface area (Å²) in [5, 5.41) is 10.1. The van der Waals surface area contributed by atoms with E-state index >= 15 is 0 Å². The lowest BCUT2D eigenvalue weighted by molar-refractivity contribution is 0.0982. The minimum Gasteiger partial charge on any atom is -0.294 e. The summed E-state index contributed by atoms with van der Waals surface area (Å²) in [7, 11) is 0. The fourth-order valence-electron chi connectivity index (χ4n) is 2.33. The van der Waals surface area contributed by atoms with E-state index in [-0.39, 0.29) is 11.6 Å². The van der Waals surface area contributed by atoms with Crippen LogP contribution in [0.4, 0.5) is 4.39 Å². The van der Waals surface area contributed by atoms with Crippen LogP contribution in [0.2, 0.25) is 0 Å². The maximum atomic E-state index is 12.9. The van der Waals surface area contributed by atoms with Crippen molar-refractivity contribution in [3.63, 3.8) is 0 Å². The van der Waals surface area contributed by atoms with Gasteiger partial charge in [-0.1, -0.05) is 0 Å². The first-order valence-electron chi connectivity index (χ1n) is 7.73. The highest BCUT2D eigenvalue weighted by atomic mass is 32.2. The number of thioether (sulfide) groups is 1. The monoisotopic (exact) mass is 342 g/mol. The van der Waals surface area contributed by atoms with Crippen LogP contribution in [0.15, 0.2) is 29.3 Å². The minimum atomic E-state index is -0.345. The number of halogens is 1. The van der Waals surface area contributed by atoms with Crippen LogP contribution in [0, 0.1) is 37.9 Å². The number of aromatic nitrogens is 1. The van der Waals surface area contributed by atoms with Gasteiger partial charge < -0.3 is 0 Å². The molecule has 0 amide bonds. The van der Waals surface area contributed by atoms with Crippen molar-refractivity contribution in [2.75, 3.05) is 5.75 Å². The molecule has 0 saturated heterocycles. The van der Waals surface area contributed by atoms with E-state index in [4.69, 9.17) is 0 Å². The normalized spacial score (nSPS) is 10.5. The molecule has 0 spiro atoms. The number of benzene rings is 1. The number of nitrogens with zero attached hydrogens (tertiary/aromatic N) is 2. The van der Waals surface area contributed by atoms with E-state index in [0.717, 1.165) is 21.8 Å². The van der Waals surface area contributed by atoms with Crippen LogP contribution >= 0.6 is 11.8 Å². The molecule has 1 heterocycles. The van der Waals surface area contributed by atoms with Crippen molar-refractivity contribution in [1.29, 1.82) is 5.26 Å². The van der Waals surface area contributed by atoms with Gasteiger partial charge in [0.2, 0.25) is 0 Å². The van der Waals surface area contributed by atoms with Crippen LogP contribution < -0.4 is 0 Å². The summed E-state index contributed by atoms with van der Waals surface area (Å²) in [4.78, 5) is 16.5. The van der Waals surface area contributed by atoms with Gasteiger partial charge in [0.05, 0.1) is 5.56 Å². The molecule has 0 aliphatic rings. The standard InChI is InChI=1S/C19H19FN2OS/c1-12-13(2)17(11-21)19(22-14(12)3)24-10-4-5-18(23)15-6-8-16(20)9-7-15/h6-9H,4-5,10H2,1-3H3. The van der Waals surface area contributed by atoms with E-state index < -0.39 is 0 Å². The average Bonchev–Trinajstić information content (AvgIpc) is 2.57. The van der Waals surface area contributed by atoms with Gasteiger partial charge in [0, 0.05) is 17.7 Å². The van der Waals surface area contributed by atoms with Crippen molar-refractivity contribution < 1.29 is 9.18 Å². The summed E-state index contributed by atoms with van der Waals surface area (Å²) in [5.74, 6) is 0.360. The van der Waals surface area contributed by atoms with Crippen LogP contribution in [-0.2, 0) is 0 Å². The number of aryl methyl sites for hydroxylation is 1. The van der Waals surface area contributed by atoms with Gasteiger partial charge in [-0.2, -0.15) is 5.26 Å². The smallest absolute Gasteiger partial charge is 0.162 e. The van der Waals surface area contributed by atoms with Crippen molar-refractivity contribution in [2.24, 2.45) is 0 Å². The molecule has 0 atom stereocenters. The third kappa shape index (κ3) is 4.21. The molecule has 0 saturated carbocycles. The van der Waals surface area contributed by atoms with Gasteiger partial charge in [-0.15, -0.1) is 11.8 Å². The number of nitriles is 1. The minimum absolute atomic E-state index is 0.000308. The van der Waals surface area contributed by atoms with E-state index in [9.17, 15) is 14.4 Å². The third-order valence-electron chi connectivity index (χ3n) is 4.03. The second-order valence-corrected chi connectivity index (χ2v) is 6.70. The van der Waals surface area contributed by atoms with Crippen molar-refractivity contribution in [2.45, 2.75) is 38.6 Å². The molecule has 0 N–H and O–H groups in total. The number of Topliss-reactive ketones (excluding diaryl/α,β-unsaturated/α-hetero) is 1. The average molecular weight is 342 g/mol. The zero-order valence-electron chi connectivity index (χ0n) is 14.0. The van der Waals surface area contributed by atoms with Gasteiger partial charge in [0.1, 0.15) is 16.9 Å². The summed E-state index contributed by atoms with van der Waals surface area (Å²) >= 11 is 1.50. The highest BCUT2D eigenvalue weighted by Crippen LogP contribution is 2.27. The van der Waals surface area contributed by atoms with E-state index in [0.29, 0.717) is 29.7 Å². The zero-order valence-corrected chi connectivity index (χ0v) is 14.8. The molecular formula is C19H19FN2OS. The summed E-state index contributed by atoms with van der Waals surface area (Å²) in [5.41, 5.74) is 4.08. The molecule has 124 valence electrons. The Morgan fingerprint density at radius 2 is 1.88 bits per heavy atom. The molecule has 3 nitrogen and oxygen atoms in total. The first-order chi connectivity index (χ1) is 11.4. The Labute approximate surface area is 145 Å². The molecule has 5 heteroatoms. The van der Waals surface area contributed by atoms with Gasteiger partial charge in [0.15, 0.2) is 5.78 Å². The van der Waals surface area contributed by atoms with Crippen LogP contribution in [-0.4, -0.2) is 16.5 Å². The van der Waals surface area contributed by atoms with Gasteiger partial charge in [-0.05, 0) is 68.3 Å². The van der Waals surface area contributed by atoms with Gasteiger partial charge in [0.25, 0.3) is 0 Å². The number of carbonyl (C=O) groups excluding carboxylic acids is 1. The largest absolute Gasteiger partial charge is 0.294 e. The third-order valence-corrected chi connectivity index (χ3v) is 5.09. The lowest BCUT2D eigenvalue weighted by atomic mass is 10.1. The highest BCUT2D eigenvalue weighted by molar-refractivity contribution is 7.99. The maximum Gasteiger partial charge on any atom is 0.162 e. The molecule has 2 rings (SSSR count). The molecular weight excluding hydrogens is 323 g/mol. The molecule has 1 aromatic carbocycles. The lowest BCUT2D eigenvalue weighted by Gasteiger charge is -2.10. The first kappa shape index (κ1) is 18.2. The number of hydrogen-bond acceptors (Lipinski definition) is 4. The van der Waals surface area contributed by atoms with E-state index in [1.807, 2.05) is 20.8 Å². The zero-order chi connectivity index (χ0) is 17.7. The van der Waals surface area contributed by atoms with E-state index in [1.54, 1.807) is 0 Å². The fourth-order valence-corrected chi connectivity index (χ4v) is 3.36. The fraction of sp³-hybridized carbons (Fsp3) is 0.316. The van der Waals surface area contributed by atoms with Crippen LogP contribution in [0.25, 0.3) is 0 Å². The Hall–Kier alpha value is -2.19. The van der Waals surface area contributed by atoms with Crippen molar-refractivity contribution in [3.05, 3.63) is 58.0 Å².